The van der Waals surface area contributed by atoms with Crippen LogP contribution in [-0.4, -0.2) is 65.1 Å². The first-order valence-electron chi connectivity index (χ1n) is 13.0. The highest BCUT2D eigenvalue weighted by atomic mass is 32.2. The molecule has 3 heterocycles. The van der Waals surface area contributed by atoms with Crippen LogP contribution in [0, 0.1) is 11.6 Å². The fourth-order valence-electron chi connectivity index (χ4n) is 5.09. The number of anilines is 1. The number of carbonyl (C=O) groups is 2. The summed E-state index contributed by atoms with van der Waals surface area (Å²) in [5, 5.41) is 4.28. The van der Waals surface area contributed by atoms with Crippen LogP contribution < -0.4 is 4.90 Å². The van der Waals surface area contributed by atoms with E-state index in [4.69, 9.17) is 9.84 Å². The molecule has 0 saturated carbocycles. The molecule has 1 saturated heterocycles. The Morgan fingerprint density at radius 3 is 2.38 bits per heavy atom. The van der Waals surface area contributed by atoms with E-state index in [1.54, 1.807) is 9.58 Å². The van der Waals surface area contributed by atoms with Crippen LogP contribution in [0.1, 0.15) is 16.4 Å². The molecule has 6 rings (SSSR count). The minimum atomic E-state index is -0.708. The lowest BCUT2D eigenvalue weighted by Gasteiger charge is -2.30. The molecule has 2 aliphatic heterocycles. The number of thioether (sulfide) groups is 1. The molecule has 0 spiro atoms. The summed E-state index contributed by atoms with van der Waals surface area (Å²) in [5.41, 5.74) is 2.84. The zero-order valence-corrected chi connectivity index (χ0v) is 22.3. The van der Waals surface area contributed by atoms with Gasteiger partial charge in [-0.2, -0.15) is 5.10 Å². The maximum absolute atomic E-state index is 15.3. The monoisotopic (exact) mass is 560 g/mol. The number of benzene rings is 3. The number of ether oxygens (including phenoxy) is 1. The smallest absolute Gasteiger partial charge is 0.242 e. The quantitative estimate of drug-likeness (QED) is 0.349. The van der Waals surface area contributed by atoms with E-state index in [1.165, 1.54) is 28.8 Å². The molecule has 0 aliphatic carbocycles. The van der Waals surface area contributed by atoms with Gasteiger partial charge in [-0.05, 0) is 18.2 Å². The Labute approximate surface area is 234 Å². The number of halogens is 2. The first kappa shape index (κ1) is 26.2. The van der Waals surface area contributed by atoms with Crippen LogP contribution in [0.2, 0.25) is 0 Å². The van der Waals surface area contributed by atoms with Gasteiger partial charge in [0.25, 0.3) is 0 Å². The summed E-state index contributed by atoms with van der Waals surface area (Å²) in [6.45, 7) is 1.57. The van der Waals surface area contributed by atoms with E-state index >= 15 is 4.39 Å². The standard InChI is InChI=1S/C30H26F2N4O3S/c31-21-11-12-23(24(32)17-21)29-27-28(20-7-3-1-4-8-20)33-36(22-9-5-2-6-10-22)30(27)35(26(38)19-40-29)18-25(37)34-13-15-39-16-14-34/h1-12,17,29H,13-16,18-19H2. The van der Waals surface area contributed by atoms with Gasteiger partial charge in [-0.15, -0.1) is 11.8 Å². The molecule has 2 amide bonds. The molecule has 0 bridgehead atoms. The fourth-order valence-corrected chi connectivity index (χ4v) is 6.30. The molecule has 1 atom stereocenters. The van der Waals surface area contributed by atoms with Crippen molar-refractivity contribution in [3.63, 3.8) is 0 Å². The first-order chi connectivity index (χ1) is 19.5. The van der Waals surface area contributed by atoms with Gasteiger partial charge in [0.2, 0.25) is 11.8 Å². The summed E-state index contributed by atoms with van der Waals surface area (Å²) in [4.78, 5) is 30.3. The third-order valence-electron chi connectivity index (χ3n) is 7.04. The van der Waals surface area contributed by atoms with E-state index in [-0.39, 0.29) is 29.7 Å². The average Bonchev–Trinajstić information content (AvgIpc) is 3.32. The Balaban J connectivity index is 1.59. The Kier molecular flexibility index (Phi) is 7.36. The molecular weight excluding hydrogens is 534 g/mol. The lowest BCUT2D eigenvalue weighted by Crippen LogP contribution is -2.48. The van der Waals surface area contributed by atoms with Crippen LogP contribution in [0.15, 0.2) is 78.9 Å². The molecule has 204 valence electrons. The molecule has 3 aromatic carbocycles. The minimum absolute atomic E-state index is 0.00439. The Morgan fingerprint density at radius 1 is 0.975 bits per heavy atom. The predicted octanol–water partition coefficient (Wildman–Crippen LogP) is 4.85. The maximum atomic E-state index is 15.3. The minimum Gasteiger partial charge on any atom is -0.378 e. The highest BCUT2D eigenvalue weighted by Gasteiger charge is 2.39. The summed E-state index contributed by atoms with van der Waals surface area (Å²) in [5.74, 6) is -1.50. The van der Waals surface area contributed by atoms with E-state index in [9.17, 15) is 14.0 Å². The highest BCUT2D eigenvalue weighted by molar-refractivity contribution is 8.00. The second-order valence-corrected chi connectivity index (χ2v) is 10.6. The topological polar surface area (TPSA) is 67.7 Å². The van der Waals surface area contributed by atoms with Crippen molar-refractivity contribution in [3.8, 4) is 16.9 Å². The van der Waals surface area contributed by atoms with Gasteiger partial charge in [-0.3, -0.25) is 14.5 Å². The second kappa shape index (κ2) is 11.2. The Morgan fingerprint density at radius 2 is 1.68 bits per heavy atom. The number of nitrogens with zero attached hydrogens (tertiary/aromatic N) is 4. The number of hydrogen-bond acceptors (Lipinski definition) is 5. The van der Waals surface area contributed by atoms with Crippen LogP contribution in [0.5, 0.6) is 0 Å². The normalized spacial score (nSPS) is 17.4. The Hall–Kier alpha value is -4.02. The highest BCUT2D eigenvalue weighted by Crippen LogP contribution is 2.49. The van der Waals surface area contributed by atoms with Crippen molar-refractivity contribution in [1.82, 2.24) is 14.7 Å². The van der Waals surface area contributed by atoms with Gasteiger partial charge in [0, 0.05) is 35.8 Å². The van der Waals surface area contributed by atoms with E-state index < -0.39 is 16.9 Å². The predicted molar refractivity (Wildman–Crippen MR) is 149 cm³/mol. The van der Waals surface area contributed by atoms with Gasteiger partial charge >= 0.3 is 0 Å². The van der Waals surface area contributed by atoms with Crippen LogP contribution in [0.4, 0.5) is 14.6 Å². The molecule has 10 heteroatoms. The van der Waals surface area contributed by atoms with Crippen LogP contribution in [-0.2, 0) is 14.3 Å². The number of rotatable bonds is 5. The van der Waals surface area contributed by atoms with Gasteiger partial charge < -0.3 is 9.64 Å². The zero-order valence-electron chi connectivity index (χ0n) is 21.5. The number of para-hydroxylation sites is 1. The van der Waals surface area contributed by atoms with Crippen molar-refractivity contribution in [2.45, 2.75) is 5.25 Å². The number of fused-ring (bicyclic) bond motifs is 1. The molecule has 40 heavy (non-hydrogen) atoms. The number of hydrogen-bond donors (Lipinski definition) is 0. The maximum Gasteiger partial charge on any atom is 0.242 e. The van der Waals surface area contributed by atoms with Crippen LogP contribution in [0.3, 0.4) is 0 Å². The van der Waals surface area contributed by atoms with Crippen molar-refractivity contribution >= 4 is 29.4 Å². The number of aromatic nitrogens is 2. The summed E-state index contributed by atoms with van der Waals surface area (Å²) < 4.78 is 36.3. The Bertz CT molecular complexity index is 1540. The summed E-state index contributed by atoms with van der Waals surface area (Å²) >= 11 is 1.24. The van der Waals surface area contributed by atoms with E-state index in [2.05, 4.69) is 0 Å². The van der Waals surface area contributed by atoms with Crippen molar-refractivity contribution < 1.29 is 23.1 Å². The zero-order chi connectivity index (χ0) is 27.6. The summed E-state index contributed by atoms with van der Waals surface area (Å²) in [6, 6.07) is 22.3. The second-order valence-electron chi connectivity index (χ2n) is 9.53. The fraction of sp³-hybridized carbons (Fsp3) is 0.233. The molecule has 1 fully saturated rings. The SMILES string of the molecule is O=C(CN1C(=O)CSC(c2ccc(F)cc2F)c2c(-c3ccccc3)nn(-c3ccccc3)c21)N1CCOCC1. The molecule has 4 aromatic rings. The van der Waals surface area contributed by atoms with Crippen molar-refractivity contribution in [3.05, 3.63) is 102 Å². The lowest BCUT2D eigenvalue weighted by atomic mass is 9.99. The molecule has 2 aliphatic rings. The summed E-state index contributed by atoms with van der Waals surface area (Å²) in [6.07, 6.45) is 0. The van der Waals surface area contributed by atoms with Crippen molar-refractivity contribution in [2.75, 3.05) is 43.5 Å². The number of amides is 2. The number of morpholine rings is 1. The molecule has 7 nitrogen and oxygen atoms in total. The van der Waals surface area contributed by atoms with Crippen molar-refractivity contribution in [2.24, 2.45) is 0 Å². The van der Waals surface area contributed by atoms with Crippen LogP contribution in [0.25, 0.3) is 16.9 Å². The molecule has 0 radical (unpaired) electrons. The van der Waals surface area contributed by atoms with E-state index in [1.807, 2.05) is 60.7 Å². The van der Waals surface area contributed by atoms with Gasteiger partial charge in [0.1, 0.15) is 24.0 Å². The largest absolute Gasteiger partial charge is 0.378 e. The van der Waals surface area contributed by atoms with Gasteiger partial charge in [-0.1, -0.05) is 54.6 Å². The molecule has 1 unspecified atom stereocenters. The first-order valence-corrected chi connectivity index (χ1v) is 14.0. The van der Waals surface area contributed by atoms with Gasteiger partial charge in [0.05, 0.1) is 35.6 Å². The van der Waals surface area contributed by atoms with E-state index in [0.29, 0.717) is 49.1 Å². The third-order valence-corrected chi connectivity index (χ3v) is 8.28. The van der Waals surface area contributed by atoms with Gasteiger partial charge in [-0.25, -0.2) is 13.5 Å². The third kappa shape index (κ3) is 5.00. The molecule has 1 aromatic heterocycles. The number of carbonyl (C=O) groups excluding carboxylic acids is 2. The average molecular weight is 561 g/mol. The lowest BCUT2D eigenvalue weighted by molar-refractivity contribution is -0.134. The summed E-state index contributed by atoms with van der Waals surface area (Å²) in [7, 11) is 0. The molecule has 0 N–H and O–H groups in total. The van der Waals surface area contributed by atoms with Gasteiger partial charge in [0.15, 0.2) is 0 Å². The van der Waals surface area contributed by atoms with Crippen LogP contribution >= 0.6 is 11.8 Å². The van der Waals surface area contributed by atoms with E-state index in [0.717, 1.165) is 11.6 Å². The van der Waals surface area contributed by atoms with Crippen molar-refractivity contribution in [1.29, 1.82) is 0 Å². The molecular formula is C30H26F2N4O3S.